The first-order chi connectivity index (χ1) is 7.70. The first-order valence-corrected chi connectivity index (χ1v) is 5.69. The number of ether oxygens (including phenoxy) is 1. The number of rotatable bonds is 5. The lowest BCUT2D eigenvalue weighted by atomic mass is 10.0. The molecule has 1 atom stereocenters. The summed E-state index contributed by atoms with van der Waals surface area (Å²) >= 11 is 0. The summed E-state index contributed by atoms with van der Waals surface area (Å²) in [7, 11) is 0. The number of carbonyl (C=O) groups excluding carboxylic acids is 1. The van der Waals surface area contributed by atoms with Gasteiger partial charge < -0.3 is 9.84 Å². The van der Waals surface area contributed by atoms with Gasteiger partial charge in [-0.2, -0.15) is 0 Å². The average Bonchev–Trinajstić information content (AvgIpc) is 3.11. The largest absolute Gasteiger partial charge is 0.490 e. The molecule has 0 amide bonds. The minimum atomic E-state index is -0.906. The summed E-state index contributed by atoms with van der Waals surface area (Å²) in [4.78, 5) is 11.7. The highest BCUT2D eigenvalue weighted by molar-refractivity contribution is 5.99. The zero-order valence-corrected chi connectivity index (χ0v) is 9.35. The molecule has 0 heterocycles. The van der Waals surface area contributed by atoms with Gasteiger partial charge in [-0.1, -0.05) is 19.1 Å². The van der Waals surface area contributed by atoms with E-state index in [9.17, 15) is 9.90 Å². The van der Waals surface area contributed by atoms with Crippen LogP contribution in [0.5, 0.6) is 5.75 Å². The molecule has 0 saturated heterocycles. The lowest BCUT2D eigenvalue weighted by molar-refractivity contribution is 0.0740. The predicted octanol–water partition coefficient (Wildman–Crippen LogP) is 2.18. The number of hydrogen-bond acceptors (Lipinski definition) is 3. The van der Waals surface area contributed by atoms with Crippen LogP contribution in [0.2, 0.25) is 0 Å². The molecule has 3 nitrogen and oxygen atoms in total. The van der Waals surface area contributed by atoms with Crippen molar-refractivity contribution < 1.29 is 14.6 Å². The van der Waals surface area contributed by atoms with Crippen molar-refractivity contribution in [3.05, 3.63) is 29.8 Å². The maximum atomic E-state index is 11.7. The second-order valence-electron chi connectivity index (χ2n) is 4.13. The van der Waals surface area contributed by atoms with Gasteiger partial charge in [0.05, 0.1) is 6.10 Å². The molecule has 1 saturated carbocycles. The Balaban J connectivity index is 2.10. The van der Waals surface area contributed by atoms with Crippen LogP contribution in [0.25, 0.3) is 0 Å². The molecule has 86 valence electrons. The minimum absolute atomic E-state index is 0.233. The maximum absolute atomic E-state index is 11.7. The van der Waals surface area contributed by atoms with Gasteiger partial charge in [-0.3, -0.25) is 4.79 Å². The van der Waals surface area contributed by atoms with Crippen LogP contribution in [0.4, 0.5) is 0 Å². The van der Waals surface area contributed by atoms with Gasteiger partial charge >= 0.3 is 0 Å². The second-order valence-corrected chi connectivity index (χ2v) is 4.13. The van der Waals surface area contributed by atoms with E-state index in [1.54, 1.807) is 25.1 Å². The van der Waals surface area contributed by atoms with Crippen LogP contribution in [0, 0.1) is 0 Å². The van der Waals surface area contributed by atoms with Gasteiger partial charge in [0.25, 0.3) is 0 Å². The van der Waals surface area contributed by atoms with E-state index in [2.05, 4.69) is 0 Å². The molecular formula is C13H16O3. The monoisotopic (exact) mass is 220 g/mol. The molecule has 1 N–H and O–H groups in total. The third-order valence-electron chi connectivity index (χ3n) is 2.64. The van der Waals surface area contributed by atoms with Crippen LogP contribution in [-0.2, 0) is 0 Å². The summed E-state index contributed by atoms with van der Waals surface area (Å²) in [6, 6.07) is 7.04. The second kappa shape index (κ2) is 4.66. The Labute approximate surface area is 95.0 Å². The van der Waals surface area contributed by atoms with Crippen molar-refractivity contribution in [2.45, 2.75) is 38.4 Å². The molecule has 0 radical (unpaired) electrons. The molecular weight excluding hydrogens is 204 g/mol. The number of ketones is 1. The third-order valence-corrected chi connectivity index (χ3v) is 2.64. The summed E-state index contributed by atoms with van der Waals surface area (Å²) in [5.74, 6) is 0.486. The van der Waals surface area contributed by atoms with Gasteiger partial charge in [-0.15, -0.1) is 0 Å². The van der Waals surface area contributed by atoms with E-state index in [0.29, 0.717) is 18.1 Å². The lowest BCUT2D eigenvalue weighted by Crippen LogP contribution is -2.19. The molecule has 0 aromatic heterocycles. The van der Waals surface area contributed by atoms with E-state index in [-0.39, 0.29) is 5.78 Å². The molecule has 3 heteroatoms. The number of aliphatic hydroxyl groups is 1. The molecule has 0 spiro atoms. The molecule has 1 aromatic rings. The van der Waals surface area contributed by atoms with Crippen molar-refractivity contribution in [2.75, 3.05) is 0 Å². The standard InChI is InChI=1S/C13H16O3/c1-2-12(14)13(15)9-4-3-5-11(8-9)16-10-6-7-10/h3-5,8,10,12,14H,2,6-7H2,1H3. The highest BCUT2D eigenvalue weighted by atomic mass is 16.5. The molecule has 0 aliphatic heterocycles. The van der Waals surface area contributed by atoms with Crippen molar-refractivity contribution in [1.29, 1.82) is 0 Å². The van der Waals surface area contributed by atoms with Crippen LogP contribution >= 0.6 is 0 Å². The van der Waals surface area contributed by atoms with E-state index in [4.69, 9.17) is 4.74 Å². The molecule has 2 rings (SSSR count). The van der Waals surface area contributed by atoms with Crippen molar-refractivity contribution in [2.24, 2.45) is 0 Å². The van der Waals surface area contributed by atoms with Crippen LogP contribution < -0.4 is 4.74 Å². The Kier molecular flexibility index (Phi) is 3.25. The van der Waals surface area contributed by atoms with Crippen molar-refractivity contribution in [1.82, 2.24) is 0 Å². The third kappa shape index (κ3) is 2.61. The molecule has 1 fully saturated rings. The first kappa shape index (κ1) is 11.1. The van der Waals surface area contributed by atoms with Crippen LogP contribution in [-0.4, -0.2) is 23.1 Å². The fourth-order valence-electron chi connectivity index (χ4n) is 1.48. The van der Waals surface area contributed by atoms with E-state index in [1.165, 1.54) is 0 Å². The molecule has 1 aromatic carbocycles. The summed E-state index contributed by atoms with van der Waals surface area (Å²) in [6.07, 6.45) is 2.04. The number of benzene rings is 1. The molecule has 16 heavy (non-hydrogen) atoms. The highest BCUT2D eigenvalue weighted by Gasteiger charge is 2.24. The first-order valence-electron chi connectivity index (χ1n) is 5.69. The van der Waals surface area contributed by atoms with Gasteiger partial charge in [0.2, 0.25) is 0 Å². The van der Waals surface area contributed by atoms with Crippen LogP contribution in [0.3, 0.4) is 0 Å². The molecule has 1 aliphatic carbocycles. The van der Waals surface area contributed by atoms with E-state index in [1.807, 2.05) is 6.07 Å². The van der Waals surface area contributed by atoms with Gasteiger partial charge in [-0.05, 0) is 31.4 Å². The van der Waals surface area contributed by atoms with E-state index < -0.39 is 6.10 Å². The fourth-order valence-corrected chi connectivity index (χ4v) is 1.48. The molecule has 1 unspecified atom stereocenters. The quantitative estimate of drug-likeness (QED) is 0.774. The minimum Gasteiger partial charge on any atom is -0.490 e. The number of aliphatic hydroxyl groups excluding tert-OH is 1. The summed E-state index contributed by atoms with van der Waals surface area (Å²) in [6.45, 7) is 1.78. The smallest absolute Gasteiger partial charge is 0.191 e. The average molecular weight is 220 g/mol. The SMILES string of the molecule is CCC(O)C(=O)c1cccc(OC2CC2)c1. The summed E-state index contributed by atoms with van der Waals surface area (Å²) in [5.41, 5.74) is 0.521. The zero-order chi connectivity index (χ0) is 11.5. The Morgan fingerprint density at radius 1 is 1.56 bits per heavy atom. The normalized spacial score (nSPS) is 16.9. The Morgan fingerprint density at radius 2 is 2.31 bits per heavy atom. The Morgan fingerprint density at radius 3 is 2.94 bits per heavy atom. The van der Waals surface area contributed by atoms with Crippen LogP contribution in [0.1, 0.15) is 36.5 Å². The van der Waals surface area contributed by atoms with Crippen molar-refractivity contribution in [3.8, 4) is 5.75 Å². The summed E-state index contributed by atoms with van der Waals surface area (Å²) < 4.78 is 5.60. The van der Waals surface area contributed by atoms with Crippen LogP contribution in [0.15, 0.2) is 24.3 Å². The van der Waals surface area contributed by atoms with Gasteiger partial charge in [-0.25, -0.2) is 0 Å². The lowest BCUT2D eigenvalue weighted by Gasteiger charge is -2.09. The number of hydrogen-bond donors (Lipinski definition) is 1. The Hall–Kier alpha value is -1.35. The number of Topliss-reactive ketones (excluding diaryl/α,β-unsaturated/α-hetero) is 1. The van der Waals surface area contributed by atoms with Crippen molar-refractivity contribution in [3.63, 3.8) is 0 Å². The van der Waals surface area contributed by atoms with E-state index in [0.717, 1.165) is 18.6 Å². The summed E-state index contributed by atoms with van der Waals surface area (Å²) in [5, 5.41) is 9.47. The zero-order valence-electron chi connectivity index (χ0n) is 9.35. The fraction of sp³-hybridized carbons (Fsp3) is 0.462. The highest BCUT2D eigenvalue weighted by Crippen LogP contribution is 2.27. The topological polar surface area (TPSA) is 46.5 Å². The number of carbonyl (C=O) groups is 1. The molecule has 1 aliphatic rings. The molecule has 0 bridgehead atoms. The van der Waals surface area contributed by atoms with Crippen molar-refractivity contribution >= 4 is 5.78 Å². The predicted molar refractivity (Wildman–Crippen MR) is 60.7 cm³/mol. The van der Waals surface area contributed by atoms with E-state index >= 15 is 0 Å². The van der Waals surface area contributed by atoms with Gasteiger partial charge in [0.1, 0.15) is 11.9 Å². The van der Waals surface area contributed by atoms with Gasteiger partial charge in [0, 0.05) is 5.56 Å². The Bertz CT molecular complexity index is 383. The van der Waals surface area contributed by atoms with Gasteiger partial charge in [0.15, 0.2) is 5.78 Å². The maximum Gasteiger partial charge on any atom is 0.191 e.